The molecular formula is C20H30N2O2. The highest BCUT2D eigenvalue weighted by Gasteiger charge is 2.37. The molecule has 1 saturated carbocycles. The molecule has 24 heavy (non-hydrogen) atoms. The highest BCUT2D eigenvalue weighted by atomic mass is 16.5. The molecule has 1 heterocycles. The average Bonchev–Trinajstić information content (AvgIpc) is 3.45. The molecule has 1 saturated heterocycles. The summed E-state index contributed by atoms with van der Waals surface area (Å²) in [7, 11) is 0. The lowest BCUT2D eigenvalue weighted by atomic mass is 9.89. The topological polar surface area (TPSA) is 41.6 Å². The zero-order chi connectivity index (χ0) is 16.9. The van der Waals surface area contributed by atoms with Gasteiger partial charge in [-0.3, -0.25) is 4.79 Å². The lowest BCUT2D eigenvalue weighted by Crippen LogP contribution is -2.51. The van der Waals surface area contributed by atoms with Crippen molar-refractivity contribution in [1.29, 1.82) is 0 Å². The van der Waals surface area contributed by atoms with Gasteiger partial charge in [-0.25, -0.2) is 0 Å². The molecule has 1 amide bonds. The molecule has 2 fully saturated rings. The maximum absolute atomic E-state index is 12.3. The summed E-state index contributed by atoms with van der Waals surface area (Å²) in [5, 5.41) is 3.72. The number of ether oxygens (including phenoxy) is 1. The number of nitrogens with one attached hydrogen (secondary N) is 1. The molecule has 4 heteroatoms. The van der Waals surface area contributed by atoms with Crippen LogP contribution in [-0.4, -0.2) is 36.5 Å². The second-order valence-corrected chi connectivity index (χ2v) is 7.08. The van der Waals surface area contributed by atoms with Crippen molar-refractivity contribution in [3.8, 4) is 5.75 Å². The van der Waals surface area contributed by atoms with Crippen molar-refractivity contribution in [3.63, 3.8) is 0 Å². The summed E-state index contributed by atoms with van der Waals surface area (Å²) in [6.45, 7) is 7.62. The highest BCUT2D eigenvalue weighted by Crippen LogP contribution is 2.33. The number of benzene rings is 1. The Kier molecular flexibility index (Phi) is 5.77. The third kappa shape index (κ3) is 4.29. The number of amides is 1. The van der Waals surface area contributed by atoms with Crippen molar-refractivity contribution >= 4 is 5.91 Å². The predicted molar refractivity (Wildman–Crippen MR) is 95.9 cm³/mol. The van der Waals surface area contributed by atoms with Crippen LogP contribution in [0.2, 0.25) is 0 Å². The van der Waals surface area contributed by atoms with E-state index in [9.17, 15) is 4.79 Å². The molecule has 1 N–H and O–H groups in total. The molecular weight excluding hydrogens is 300 g/mol. The van der Waals surface area contributed by atoms with E-state index in [1.807, 2.05) is 13.0 Å². The van der Waals surface area contributed by atoms with Crippen LogP contribution >= 0.6 is 0 Å². The average molecular weight is 330 g/mol. The van der Waals surface area contributed by atoms with E-state index in [1.54, 1.807) is 0 Å². The summed E-state index contributed by atoms with van der Waals surface area (Å²) < 4.78 is 5.58. The van der Waals surface area contributed by atoms with Gasteiger partial charge < -0.3 is 15.0 Å². The quantitative estimate of drug-likeness (QED) is 0.835. The molecule has 1 aliphatic heterocycles. The minimum absolute atomic E-state index is 0.341. The molecule has 1 aliphatic carbocycles. The van der Waals surface area contributed by atoms with E-state index in [2.05, 4.69) is 35.3 Å². The summed E-state index contributed by atoms with van der Waals surface area (Å²) in [6, 6.07) is 8.81. The molecule has 4 nitrogen and oxygen atoms in total. The number of nitrogens with zero attached hydrogens (tertiary/aromatic N) is 1. The first-order valence-corrected chi connectivity index (χ1v) is 9.45. The van der Waals surface area contributed by atoms with E-state index in [-0.39, 0.29) is 0 Å². The maximum Gasteiger partial charge on any atom is 0.225 e. The zero-order valence-corrected chi connectivity index (χ0v) is 15.0. The van der Waals surface area contributed by atoms with Gasteiger partial charge in [0.25, 0.3) is 0 Å². The van der Waals surface area contributed by atoms with Crippen molar-refractivity contribution < 1.29 is 9.53 Å². The number of likely N-dealkylation sites (tertiary alicyclic amines) is 1. The van der Waals surface area contributed by atoms with E-state index < -0.39 is 0 Å². The smallest absolute Gasteiger partial charge is 0.225 e. The third-order valence-electron chi connectivity index (χ3n) is 5.27. The molecule has 0 aromatic heterocycles. The Bertz CT molecular complexity index is 556. The molecule has 132 valence electrons. The predicted octanol–water partition coefficient (Wildman–Crippen LogP) is 3.21. The Morgan fingerprint density at radius 2 is 2.12 bits per heavy atom. The van der Waals surface area contributed by atoms with Crippen molar-refractivity contribution in [2.75, 3.05) is 19.7 Å². The van der Waals surface area contributed by atoms with Crippen LogP contribution in [0, 0.1) is 11.8 Å². The van der Waals surface area contributed by atoms with E-state index in [4.69, 9.17) is 4.74 Å². The second kappa shape index (κ2) is 8.02. The maximum atomic E-state index is 12.3. The number of piperidine rings is 1. The van der Waals surface area contributed by atoms with Gasteiger partial charge in [0.2, 0.25) is 5.91 Å². The molecule has 2 atom stereocenters. The minimum atomic E-state index is 0.341. The standard InChI is InChI=1S/C20H30N2O2/c1-3-16-14-22(20(23)17-8-9-17)11-10-19(16)21-13-15-6-5-7-18(12-15)24-4-2/h5-7,12,16-17,19,21H,3-4,8-11,13-14H2,1-2H3/t16-,19-/m1/s1. The Labute approximate surface area is 145 Å². The van der Waals surface area contributed by atoms with Gasteiger partial charge >= 0.3 is 0 Å². The van der Waals surface area contributed by atoms with Gasteiger partial charge in [-0.2, -0.15) is 0 Å². The van der Waals surface area contributed by atoms with Gasteiger partial charge in [0, 0.05) is 31.6 Å². The lowest BCUT2D eigenvalue weighted by Gasteiger charge is -2.39. The van der Waals surface area contributed by atoms with Gasteiger partial charge in [-0.15, -0.1) is 0 Å². The summed E-state index contributed by atoms with van der Waals surface area (Å²) in [6.07, 6.45) is 4.38. The first kappa shape index (κ1) is 17.3. The molecule has 0 radical (unpaired) electrons. The number of rotatable bonds is 7. The van der Waals surface area contributed by atoms with Crippen LogP contribution in [0.3, 0.4) is 0 Å². The van der Waals surface area contributed by atoms with Gasteiger partial charge in [0.05, 0.1) is 6.61 Å². The normalized spacial score (nSPS) is 24.0. The second-order valence-electron chi connectivity index (χ2n) is 7.08. The van der Waals surface area contributed by atoms with Crippen LogP contribution in [0.15, 0.2) is 24.3 Å². The van der Waals surface area contributed by atoms with Gasteiger partial charge in [-0.05, 0) is 49.8 Å². The number of hydrogen-bond acceptors (Lipinski definition) is 3. The first-order chi connectivity index (χ1) is 11.7. The molecule has 1 aromatic carbocycles. The summed E-state index contributed by atoms with van der Waals surface area (Å²) in [5.74, 6) is 2.23. The van der Waals surface area contributed by atoms with E-state index in [0.717, 1.165) is 51.1 Å². The Morgan fingerprint density at radius 3 is 2.83 bits per heavy atom. The van der Waals surface area contributed by atoms with Crippen LogP contribution in [-0.2, 0) is 11.3 Å². The van der Waals surface area contributed by atoms with Gasteiger partial charge in [0.15, 0.2) is 0 Å². The summed E-state index contributed by atoms with van der Waals surface area (Å²) in [4.78, 5) is 14.4. The van der Waals surface area contributed by atoms with Crippen molar-refractivity contribution in [2.24, 2.45) is 11.8 Å². The molecule has 0 bridgehead atoms. The van der Waals surface area contributed by atoms with Crippen LogP contribution in [0.25, 0.3) is 0 Å². The fourth-order valence-electron chi connectivity index (χ4n) is 3.66. The fourth-order valence-corrected chi connectivity index (χ4v) is 3.66. The number of hydrogen-bond donors (Lipinski definition) is 1. The number of carbonyl (C=O) groups is 1. The summed E-state index contributed by atoms with van der Waals surface area (Å²) >= 11 is 0. The van der Waals surface area contributed by atoms with Crippen LogP contribution in [0.4, 0.5) is 0 Å². The fraction of sp³-hybridized carbons (Fsp3) is 0.650. The van der Waals surface area contributed by atoms with Crippen molar-refractivity contribution in [3.05, 3.63) is 29.8 Å². The van der Waals surface area contributed by atoms with Crippen LogP contribution in [0.5, 0.6) is 5.75 Å². The van der Waals surface area contributed by atoms with E-state index in [1.165, 1.54) is 5.56 Å². The molecule has 0 spiro atoms. The largest absolute Gasteiger partial charge is 0.494 e. The number of carbonyl (C=O) groups excluding carboxylic acids is 1. The molecule has 0 unspecified atom stereocenters. The SMILES string of the molecule is CCOc1cccc(CN[C@@H]2CCN(C(=O)C3CC3)C[C@H]2CC)c1. The van der Waals surface area contributed by atoms with Crippen LogP contribution < -0.4 is 10.1 Å². The van der Waals surface area contributed by atoms with Crippen molar-refractivity contribution in [1.82, 2.24) is 10.2 Å². The highest BCUT2D eigenvalue weighted by molar-refractivity contribution is 5.81. The van der Waals surface area contributed by atoms with E-state index >= 15 is 0 Å². The van der Waals surface area contributed by atoms with Crippen LogP contribution in [0.1, 0.15) is 45.1 Å². The minimum Gasteiger partial charge on any atom is -0.494 e. The Hall–Kier alpha value is -1.55. The molecule has 3 rings (SSSR count). The van der Waals surface area contributed by atoms with E-state index in [0.29, 0.717) is 30.4 Å². The monoisotopic (exact) mass is 330 g/mol. The molecule has 1 aromatic rings. The van der Waals surface area contributed by atoms with Gasteiger partial charge in [-0.1, -0.05) is 25.5 Å². The molecule has 2 aliphatic rings. The third-order valence-corrected chi connectivity index (χ3v) is 5.27. The zero-order valence-electron chi connectivity index (χ0n) is 15.0. The Morgan fingerprint density at radius 1 is 1.29 bits per heavy atom. The summed E-state index contributed by atoms with van der Waals surface area (Å²) in [5.41, 5.74) is 1.26. The van der Waals surface area contributed by atoms with Crippen molar-refractivity contribution in [2.45, 2.75) is 52.1 Å². The van der Waals surface area contributed by atoms with Gasteiger partial charge in [0.1, 0.15) is 5.75 Å². The lowest BCUT2D eigenvalue weighted by molar-refractivity contribution is -0.134. The Balaban J connectivity index is 1.53. The first-order valence-electron chi connectivity index (χ1n) is 9.45.